The molecule has 0 bridgehead atoms. The van der Waals surface area contributed by atoms with Gasteiger partial charge in [-0.1, -0.05) is 29.5 Å². The van der Waals surface area contributed by atoms with Gasteiger partial charge in [0.05, 0.1) is 16.2 Å². The number of aromatic nitrogens is 2. The fourth-order valence-electron chi connectivity index (χ4n) is 2.90. The maximum Gasteiger partial charge on any atom is 0.323 e. The van der Waals surface area contributed by atoms with E-state index in [-0.39, 0.29) is 16.4 Å². The predicted octanol–water partition coefficient (Wildman–Crippen LogP) is 1.88. The molecule has 1 saturated heterocycles. The first-order chi connectivity index (χ1) is 13.4. The summed E-state index contributed by atoms with van der Waals surface area (Å²) in [4.78, 5) is 44.1. The van der Waals surface area contributed by atoms with Gasteiger partial charge in [0.1, 0.15) is 11.6 Å². The second-order valence-electron chi connectivity index (χ2n) is 5.97. The molecule has 0 radical (unpaired) electrons. The number of amides is 2. The number of likely N-dealkylation sites (N-methyl/N-ethyl adjacent to an activating group) is 1. The maximum atomic E-state index is 13.0. The Morgan fingerprint density at radius 3 is 2.64 bits per heavy atom. The highest BCUT2D eigenvalue weighted by Crippen LogP contribution is 2.44. The second kappa shape index (κ2) is 6.84. The summed E-state index contributed by atoms with van der Waals surface area (Å²) in [6.45, 7) is 1.32. The average Bonchev–Trinajstić information content (AvgIpc) is 3.27. The molecule has 142 valence electrons. The highest BCUT2D eigenvalue weighted by atomic mass is 32.2. The molecular weight excluding hydrogens is 402 g/mol. The molecule has 1 aromatic heterocycles. The molecule has 9 nitrogen and oxygen atoms in total. The molecule has 0 aliphatic carbocycles. The lowest BCUT2D eigenvalue weighted by atomic mass is 10.1. The van der Waals surface area contributed by atoms with E-state index in [0.717, 1.165) is 21.7 Å². The molecule has 1 fully saturated rings. The van der Waals surface area contributed by atoms with E-state index in [9.17, 15) is 14.4 Å². The van der Waals surface area contributed by atoms with E-state index >= 15 is 0 Å². The van der Waals surface area contributed by atoms with Gasteiger partial charge in [-0.15, -0.1) is 10.2 Å². The van der Waals surface area contributed by atoms with Crippen LogP contribution in [-0.2, 0) is 14.4 Å². The van der Waals surface area contributed by atoms with Crippen LogP contribution in [0.4, 0.5) is 10.8 Å². The Hall–Kier alpha value is -3.05. The van der Waals surface area contributed by atoms with E-state index in [4.69, 9.17) is 5.11 Å². The molecule has 1 aromatic carbocycles. The molecule has 4 rings (SSSR count). The standard InChI is InChI=1S/C17H13N5O4S2/c1-8-19-20-16(27-8)18-17-21(2)15(26)13(28-17)12-9-5-3-4-6-10(9)22(14(12)25)7-11(23)24/h3-6H,7H2,1-2H3,(H,23,24)/b13-12-,18-17+. The minimum absolute atomic E-state index is 0.192. The Morgan fingerprint density at radius 1 is 1.21 bits per heavy atom. The Balaban J connectivity index is 1.80. The van der Waals surface area contributed by atoms with Gasteiger partial charge in [0.2, 0.25) is 5.13 Å². The summed E-state index contributed by atoms with van der Waals surface area (Å²) in [7, 11) is 1.57. The van der Waals surface area contributed by atoms with E-state index in [1.54, 1.807) is 38.2 Å². The van der Waals surface area contributed by atoms with Crippen LogP contribution >= 0.6 is 23.1 Å². The number of anilines is 1. The third-order valence-corrected chi connectivity index (χ3v) is 5.99. The summed E-state index contributed by atoms with van der Waals surface area (Å²) in [6, 6.07) is 6.82. The lowest BCUT2D eigenvalue weighted by Crippen LogP contribution is -2.32. The van der Waals surface area contributed by atoms with Gasteiger partial charge < -0.3 is 5.11 Å². The zero-order valence-electron chi connectivity index (χ0n) is 14.7. The van der Waals surface area contributed by atoms with Crippen molar-refractivity contribution in [3.05, 3.63) is 39.7 Å². The Morgan fingerprint density at radius 2 is 1.96 bits per heavy atom. The normalized spacial score (nSPS) is 20.4. The number of aliphatic carboxylic acids is 1. The van der Waals surface area contributed by atoms with E-state index < -0.39 is 18.4 Å². The van der Waals surface area contributed by atoms with Gasteiger partial charge >= 0.3 is 5.97 Å². The molecule has 0 atom stereocenters. The van der Waals surface area contributed by atoms with Crippen LogP contribution in [0.1, 0.15) is 10.6 Å². The number of para-hydroxylation sites is 1. The Labute approximate surface area is 167 Å². The number of fused-ring (bicyclic) bond motifs is 1. The number of carboxylic acid groups (broad SMARTS) is 1. The fourth-order valence-corrected chi connectivity index (χ4v) is 4.58. The predicted molar refractivity (Wildman–Crippen MR) is 105 cm³/mol. The number of nitrogens with zero attached hydrogens (tertiary/aromatic N) is 5. The van der Waals surface area contributed by atoms with Crippen molar-refractivity contribution in [1.29, 1.82) is 0 Å². The molecule has 28 heavy (non-hydrogen) atoms. The maximum absolute atomic E-state index is 13.0. The number of hydrogen-bond acceptors (Lipinski definition) is 8. The highest BCUT2D eigenvalue weighted by molar-refractivity contribution is 8.18. The van der Waals surface area contributed by atoms with Crippen molar-refractivity contribution in [2.75, 3.05) is 18.5 Å². The average molecular weight is 415 g/mol. The van der Waals surface area contributed by atoms with Gasteiger partial charge in [0.25, 0.3) is 11.8 Å². The summed E-state index contributed by atoms with van der Waals surface area (Å²) in [6.07, 6.45) is 0. The summed E-state index contributed by atoms with van der Waals surface area (Å²) in [5.41, 5.74) is 1.20. The molecular formula is C17H13N5O4S2. The number of carboxylic acids is 1. The SMILES string of the molecule is Cc1nnc(/N=C2/S/C(=C3\C(=O)N(CC(=O)O)c4ccccc43)C(=O)N2C)s1. The first-order valence-electron chi connectivity index (χ1n) is 8.09. The van der Waals surface area contributed by atoms with Crippen molar-refractivity contribution in [2.24, 2.45) is 4.99 Å². The van der Waals surface area contributed by atoms with Gasteiger partial charge in [0, 0.05) is 12.6 Å². The lowest BCUT2D eigenvalue weighted by molar-refractivity contribution is -0.136. The Kier molecular flexibility index (Phi) is 4.47. The molecule has 2 aliphatic rings. The molecule has 0 spiro atoms. The zero-order valence-corrected chi connectivity index (χ0v) is 16.4. The molecule has 0 saturated carbocycles. The van der Waals surface area contributed by atoms with Crippen LogP contribution in [0, 0.1) is 6.92 Å². The van der Waals surface area contributed by atoms with Gasteiger partial charge in [-0.2, -0.15) is 4.99 Å². The third-order valence-electron chi connectivity index (χ3n) is 4.13. The highest BCUT2D eigenvalue weighted by Gasteiger charge is 2.42. The monoisotopic (exact) mass is 415 g/mol. The van der Waals surface area contributed by atoms with E-state index in [0.29, 0.717) is 21.6 Å². The number of amidine groups is 1. The number of hydrogen-bond donors (Lipinski definition) is 1. The summed E-state index contributed by atoms with van der Waals surface area (Å²) >= 11 is 2.36. The molecule has 11 heteroatoms. The molecule has 2 aromatic rings. The third kappa shape index (κ3) is 2.98. The quantitative estimate of drug-likeness (QED) is 0.761. The first-order valence-corrected chi connectivity index (χ1v) is 9.72. The first kappa shape index (κ1) is 18.3. The fraction of sp³-hybridized carbons (Fsp3) is 0.176. The van der Waals surface area contributed by atoms with E-state index in [2.05, 4.69) is 15.2 Å². The van der Waals surface area contributed by atoms with Crippen LogP contribution in [-0.4, -0.2) is 56.7 Å². The largest absolute Gasteiger partial charge is 0.480 e. The van der Waals surface area contributed by atoms with Crippen molar-refractivity contribution in [2.45, 2.75) is 6.92 Å². The number of aryl methyl sites for hydroxylation is 1. The summed E-state index contributed by atoms with van der Waals surface area (Å²) in [5.74, 6) is -2.02. The summed E-state index contributed by atoms with van der Waals surface area (Å²) < 4.78 is 0. The molecule has 0 unspecified atom stereocenters. The van der Waals surface area contributed by atoms with Gasteiger partial charge in [0.15, 0.2) is 5.17 Å². The topological polar surface area (TPSA) is 116 Å². The van der Waals surface area contributed by atoms with Gasteiger partial charge in [-0.05, 0) is 24.8 Å². The van der Waals surface area contributed by atoms with Crippen molar-refractivity contribution in [1.82, 2.24) is 15.1 Å². The Bertz CT molecular complexity index is 1090. The molecule has 2 aliphatic heterocycles. The van der Waals surface area contributed by atoms with Crippen LogP contribution in [0.5, 0.6) is 0 Å². The smallest absolute Gasteiger partial charge is 0.323 e. The molecule has 3 heterocycles. The van der Waals surface area contributed by atoms with E-state index in [1.165, 1.54) is 16.2 Å². The van der Waals surface area contributed by atoms with Gasteiger partial charge in [-0.25, -0.2) is 0 Å². The van der Waals surface area contributed by atoms with Crippen LogP contribution in [0.25, 0.3) is 5.57 Å². The molecule has 2 amide bonds. The number of aliphatic imine (C=N–C) groups is 1. The van der Waals surface area contributed by atoms with Crippen LogP contribution in [0.15, 0.2) is 34.2 Å². The number of carbonyl (C=O) groups excluding carboxylic acids is 2. The minimum atomic E-state index is -1.13. The number of thioether (sulfide) groups is 1. The van der Waals surface area contributed by atoms with Crippen molar-refractivity contribution in [3.63, 3.8) is 0 Å². The summed E-state index contributed by atoms with van der Waals surface area (Å²) in [5, 5.41) is 18.5. The number of rotatable bonds is 3. The van der Waals surface area contributed by atoms with Crippen molar-refractivity contribution < 1.29 is 19.5 Å². The zero-order chi connectivity index (χ0) is 20.0. The van der Waals surface area contributed by atoms with Gasteiger partial charge in [-0.3, -0.25) is 24.2 Å². The van der Waals surface area contributed by atoms with Crippen LogP contribution in [0.3, 0.4) is 0 Å². The van der Waals surface area contributed by atoms with Crippen LogP contribution in [0.2, 0.25) is 0 Å². The lowest BCUT2D eigenvalue weighted by Gasteiger charge is -2.13. The van der Waals surface area contributed by atoms with E-state index in [1.807, 2.05) is 0 Å². The second-order valence-corrected chi connectivity index (χ2v) is 8.11. The van der Waals surface area contributed by atoms with Crippen molar-refractivity contribution in [3.8, 4) is 0 Å². The molecule has 1 N–H and O–H groups in total. The number of carbonyl (C=O) groups is 3. The van der Waals surface area contributed by atoms with Crippen LogP contribution < -0.4 is 4.90 Å². The van der Waals surface area contributed by atoms with Crippen molar-refractivity contribution >= 4 is 62.4 Å². The number of benzene rings is 1. The minimum Gasteiger partial charge on any atom is -0.480 e.